The minimum atomic E-state index is -0.0870. The minimum Gasteiger partial charge on any atom is -0.375 e. The van der Waals surface area contributed by atoms with Crippen molar-refractivity contribution in [1.29, 1.82) is 0 Å². The SMILES string of the molecule is COCC(=O)N1CCCN(C)CCN(C(=O)c2cnc(N3CCC(Cc4ccccc4)CC3)nc2CCc2ccccc2)Cc2ccccc21. The monoisotopic (exact) mass is 674 g/mol. The fourth-order valence-corrected chi connectivity index (χ4v) is 7.14. The Morgan fingerprint density at radius 3 is 2.24 bits per heavy atom. The Kier molecular flexibility index (Phi) is 12.2. The summed E-state index contributed by atoms with van der Waals surface area (Å²) in [6.45, 7) is 4.83. The molecule has 0 aliphatic carbocycles. The number of fused-ring (bicyclic) bond motifs is 1. The van der Waals surface area contributed by atoms with Crippen LogP contribution in [0.4, 0.5) is 11.6 Å². The number of nitrogens with zero attached hydrogens (tertiary/aromatic N) is 6. The van der Waals surface area contributed by atoms with Crippen LogP contribution in [0.5, 0.6) is 0 Å². The molecule has 6 rings (SSSR count). The molecule has 4 aromatic rings. The Morgan fingerprint density at radius 2 is 1.50 bits per heavy atom. The molecule has 0 unspecified atom stereocenters. The third-order valence-electron chi connectivity index (χ3n) is 10.0. The van der Waals surface area contributed by atoms with Crippen molar-refractivity contribution in [2.24, 2.45) is 5.92 Å². The van der Waals surface area contributed by atoms with Gasteiger partial charge in [-0.3, -0.25) is 9.59 Å². The third kappa shape index (κ3) is 9.14. The maximum Gasteiger partial charge on any atom is 0.257 e. The summed E-state index contributed by atoms with van der Waals surface area (Å²) in [5.74, 6) is 1.17. The van der Waals surface area contributed by atoms with Gasteiger partial charge in [0.05, 0.1) is 11.3 Å². The number of para-hydroxylation sites is 1. The van der Waals surface area contributed by atoms with Gasteiger partial charge in [-0.15, -0.1) is 0 Å². The van der Waals surface area contributed by atoms with Crippen LogP contribution in [0.1, 0.15) is 52.0 Å². The zero-order chi connectivity index (χ0) is 34.7. The lowest BCUT2D eigenvalue weighted by Gasteiger charge is -2.32. The first-order chi connectivity index (χ1) is 24.5. The highest BCUT2D eigenvalue weighted by Gasteiger charge is 2.27. The van der Waals surface area contributed by atoms with Crippen molar-refractivity contribution in [3.8, 4) is 0 Å². The van der Waals surface area contributed by atoms with E-state index < -0.39 is 0 Å². The van der Waals surface area contributed by atoms with Gasteiger partial charge in [0, 0.05) is 58.3 Å². The van der Waals surface area contributed by atoms with E-state index in [0.29, 0.717) is 43.5 Å². The Hall–Kier alpha value is -4.60. The van der Waals surface area contributed by atoms with E-state index in [0.717, 1.165) is 75.2 Å². The van der Waals surface area contributed by atoms with E-state index in [2.05, 4.69) is 71.4 Å². The summed E-state index contributed by atoms with van der Waals surface area (Å²) < 4.78 is 5.23. The smallest absolute Gasteiger partial charge is 0.257 e. The molecule has 0 bridgehead atoms. The average molecular weight is 675 g/mol. The minimum absolute atomic E-state index is 0.00593. The number of aromatic nitrogens is 2. The van der Waals surface area contributed by atoms with E-state index in [1.165, 1.54) is 11.1 Å². The number of carbonyl (C=O) groups excluding carboxylic acids is 2. The van der Waals surface area contributed by atoms with Crippen LogP contribution in [-0.2, 0) is 35.3 Å². The summed E-state index contributed by atoms with van der Waals surface area (Å²) in [4.78, 5) is 46.0. The fourth-order valence-electron chi connectivity index (χ4n) is 7.14. The van der Waals surface area contributed by atoms with Gasteiger partial charge in [-0.05, 0) is 80.8 Å². The van der Waals surface area contributed by atoms with Gasteiger partial charge in [0.1, 0.15) is 6.61 Å². The van der Waals surface area contributed by atoms with E-state index in [9.17, 15) is 9.59 Å². The van der Waals surface area contributed by atoms with Crippen molar-refractivity contribution in [3.63, 3.8) is 0 Å². The van der Waals surface area contributed by atoms with Crippen LogP contribution in [0.25, 0.3) is 0 Å². The molecule has 0 spiro atoms. The highest BCUT2D eigenvalue weighted by atomic mass is 16.5. The second kappa shape index (κ2) is 17.4. The Labute approximate surface area is 296 Å². The summed E-state index contributed by atoms with van der Waals surface area (Å²) in [5.41, 5.74) is 5.68. The normalized spacial score (nSPS) is 16.5. The number of ether oxygens (including phenoxy) is 1. The lowest BCUT2D eigenvalue weighted by Crippen LogP contribution is -2.38. The zero-order valence-corrected chi connectivity index (χ0v) is 29.5. The first-order valence-electron chi connectivity index (χ1n) is 18.0. The second-order valence-corrected chi connectivity index (χ2v) is 13.6. The van der Waals surface area contributed by atoms with Crippen LogP contribution in [0.2, 0.25) is 0 Å². The second-order valence-electron chi connectivity index (χ2n) is 13.6. The molecule has 50 heavy (non-hydrogen) atoms. The Morgan fingerprint density at radius 1 is 0.800 bits per heavy atom. The summed E-state index contributed by atoms with van der Waals surface area (Å²) >= 11 is 0. The lowest BCUT2D eigenvalue weighted by molar-refractivity contribution is -0.122. The molecule has 0 saturated carbocycles. The fraction of sp³-hybridized carbons (Fsp3) is 0.415. The molecule has 0 N–H and O–H groups in total. The molecule has 1 aromatic heterocycles. The number of benzene rings is 3. The number of likely N-dealkylation sites (N-methyl/N-ethyl adjacent to an activating group) is 1. The summed E-state index contributed by atoms with van der Waals surface area (Å²) in [6.07, 6.45) is 7.25. The van der Waals surface area contributed by atoms with E-state index >= 15 is 0 Å². The highest BCUT2D eigenvalue weighted by Crippen LogP contribution is 2.27. The molecular weight excluding hydrogens is 624 g/mol. The van der Waals surface area contributed by atoms with Crippen molar-refractivity contribution < 1.29 is 14.3 Å². The van der Waals surface area contributed by atoms with Gasteiger partial charge in [0.25, 0.3) is 11.8 Å². The zero-order valence-electron chi connectivity index (χ0n) is 29.5. The van der Waals surface area contributed by atoms with Crippen molar-refractivity contribution in [1.82, 2.24) is 19.8 Å². The van der Waals surface area contributed by atoms with E-state index in [1.54, 1.807) is 13.3 Å². The number of anilines is 2. The van der Waals surface area contributed by atoms with Gasteiger partial charge in [0.2, 0.25) is 5.95 Å². The summed E-state index contributed by atoms with van der Waals surface area (Å²) in [7, 11) is 3.61. The van der Waals surface area contributed by atoms with Crippen LogP contribution in [-0.4, -0.2) is 91.6 Å². The van der Waals surface area contributed by atoms with E-state index in [1.807, 2.05) is 40.1 Å². The van der Waals surface area contributed by atoms with Gasteiger partial charge in [0.15, 0.2) is 0 Å². The van der Waals surface area contributed by atoms with Crippen LogP contribution >= 0.6 is 0 Å². The summed E-state index contributed by atoms with van der Waals surface area (Å²) in [6, 6.07) is 29.0. The number of carbonyl (C=O) groups is 2. The van der Waals surface area contributed by atoms with E-state index in [-0.39, 0.29) is 18.4 Å². The number of aryl methyl sites for hydroxylation is 2. The number of hydrogen-bond acceptors (Lipinski definition) is 7. The number of amides is 2. The highest BCUT2D eigenvalue weighted by molar-refractivity contribution is 5.96. The standard InChI is InChI=1S/C41H50N6O3/c1-44-22-11-23-47(39(48)31-50-2)38-17-10-9-16-35(38)30-46(27-26-44)40(49)36-29-42-41(43-37(36)19-18-32-12-5-3-6-13-32)45-24-20-34(21-25-45)28-33-14-7-4-8-15-33/h3-10,12-17,29,34H,11,18-28,30-31H2,1-2H3. The lowest BCUT2D eigenvalue weighted by atomic mass is 9.90. The van der Waals surface area contributed by atoms with Crippen LogP contribution < -0.4 is 9.80 Å². The molecule has 9 heteroatoms. The predicted octanol–water partition coefficient (Wildman–Crippen LogP) is 5.68. The largest absolute Gasteiger partial charge is 0.375 e. The van der Waals surface area contributed by atoms with Gasteiger partial charge < -0.3 is 24.3 Å². The van der Waals surface area contributed by atoms with Crippen molar-refractivity contribution in [2.75, 3.05) is 69.8 Å². The Balaban J connectivity index is 1.26. The molecule has 3 aromatic carbocycles. The molecule has 2 amide bonds. The number of hydrogen-bond donors (Lipinski definition) is 0. The number of methoxy groups -OCH3 is 1. The Bertz CT molecular complexity index is 1690. The molecule has 2 aliphatic rings. The number of piperidine rings is 1. The molecule has 1 fully saturated rings. The quantitative estimate of drug-likeness (QED) is 0.226. The molecule has 2 aliphatic heterocycles. The first kappa shape index (κ1) is 35.2. The topological polar surface area (TPSA) is 82.1 Å². The van der Waals surface area contributed by atoms with Gasteiger partial charge in [-0.2, -0.15) is 0 Å². The maximum atomic E-state index is 14.6. The van der Waals surface area contributed by atoms with Crippen molar-refractivity contribution >= 4 is 23.5 Å². The molecule has 3 heterocycles. The summed E-state index contributed by atoms with van der Waals surface area (Å²) in [5, 5.41) is 0. The van der Waals surface area contributed by atoms with E-state index in [4.69, 9.17) is 14.7 Å². The van der Waals surface area contributed by atoms with Crippen LogP contribution in [0, 0.1) is 5.92 Å². The van der Waals surface area contributed by atoms with Crippen LogP contribution in [0.3, 0.4) is 0 Å². The molecular formula is C41H50N6O3. The molecule has 0 radical (unpaired) electrons. The van der Waals surface area contributed by atoms with Crippen molar-refractivity contribution in [3.05, 3.63) is 119 Å². The molecule has 0 atom stereocenters. The predicted molar refractivity (Wildman–Crippen MR) is 198 cm³/mol. The van der Waals surface area contributed by atoms with Crippen molar-refractivity contribution in [2.45, 2.75) is 45.1 Å². The van der Waals surface area contributed by atoms with Gasteiger partial charge >= 0.3 is 0 Å². The molecule has 9 nitrogen and oxygen atoms in total. The molecule has 262 valence electrons. The average Bonchev–Trinajstić information content (AvgIpc) is 3.18. The maximum absolute atomic E-state index is 14.6. The third-order valence-corrected chi connectivity index (χ3v) is 10.0. The number of rotatable bonds is 9. The first-order valence-corrected chi connectivity index (χ1v) is 18.0. The van der Waals surface area contributed by atoms with Gasteiger partial charge in [-0.1, -0.05) is 78.9 Å². The van der Waals surface area contributed by atoms with Gasteiger partial charge in [-0.25, -0.2) is 9.97 Å². The molecule has 1 saturated heterocycles. The van der Waals surface area contributed by atoms with Crippen LogP contribution in [0.15, 0.2) is 91.1 Å².